The third kappa shape index (κ3) is 4.20. The maximum atomic E-state index is 13.3. The number of rotatable bonds is 5. The zero-order valence-electron chi connectivity index (χ0n) is 17.2. The molecule has 0 aliphatic heterocycles. The van der Waals surface area contributed by atoms with E-state index in [0.29, 0.717) is 27.6 Å². The summed E-state index contributed by atoms with van der Waals surface area (Å²) >= 11 is 1.39. The lowest BCUT2D eigenvalue weighted by atomic mass is 10.1. The van der Waals surface area contributed by atoms with Gasteiger partial charge in [-0.25, -0.2) is 9.37 Å². The van der Waals surface area contributed by atoms with Crippen LogP contribution in [0.15, 0.2) is 58.7 Å². The second kappa shape index (κ2) is 8.31. The molecule has 158 valence electrons. The fraction of sp³-hybridized carbons (Fsp3) is 0.174. The Morgan fingerprint density at radius 3 is 2.74 bits per heavy atom. The van der Waals surface area contributed by atoms with E-state index in [0.717, 1.165) is 5.56 Å². The number of amides is 1. The number of halogens is 1. The molecule has 31 heavy (non-hydrogen) atoms. The number of nitrogens with one attached hydrogen (secondary N) is 1. The minimum absolute atomic E-state index is 0.106. The van der Waals surface area contributed by atoms with Crippen LogP contribution in [0.1, 0.15) is 18.2 Å². The minimum atomic E-state index is -0.829. The highest BCUT2D eigenvalue weighted by atomic mass is 32.1. The van der Waals surface area contributed by atoms with Crippen molar-refractivity contribution >= 4 is 27.9 Å². The van der Waals surface area contributed by atoms with E-state index in [2.05, 4.69) is 10.3 Å². The minimum Gasteiger partial charge on any atom is -0.481 e. The van der Waals surface area contributed by atoms with Crippen LogP contribution in [0.4, 0.5) is 10.1 Å². The van der Waals surface area contributed by atoms with E-state index >= 15 is 0 Å². The molecule has 0 saturated heterocycles. The van der Waals surface area contributed by atoms with E-state index in [4.69, 9.17) is 4.74 Å². The fourth-order valence-electron chi connectivity index (χ4n) is 3.13. The van der Waals surface area contributed by atoms with Crippen LogP contribution in [0.3, 0.4) is 0 Å². The molecule has 0 saturated carbocycles. The van der Waals surface area contributed by atoms with Gasteiger partial charge in [-0.3, -0.25) is 14.0 Å². The third-order valence-electron chi connectivity index (χ3n) is 4.94. The topological polar surface area (TPSA) is 72.7 Å². The van der Waals surface area contributed by atoms with Crippen molar-refractivity contribution in [3.63, 3.8) is 0 Å². The number of benzene rings is 2. The number of nitrogens with zero attached hydrogens (tertiary/aromatic N) is 2. The summed E-state index contributed by atoms with van der Waals surface area (Å²) in [6.07, 6.45) is -0.829. The second-order valence-corrected chi connectivity index (χ2v) is 7.99. The Bertz CT molecular complexity index is 1350. The number of aryl methyl sites for hydroxylation is 1. The Balaban J connectivity index is 1.58. The lowest BCUT2D eigenvalue weighted by Gasteiger charge is -2.15. The summed E-state index contributed by atoms with van der Waals surface area (Å²) < 4.78 is 20.4. The predicted molar refractivity (Wildman–Crippen MR) is 119 cm³/mol. The number of hydrogen-bond donors (Lipinski definition) is 1. The maximum Gasteiger partial charge on any atom is 0.265 e. The van der Waals surface area contributed by atoms with Crippen LogP contribution < -0.4 is 15.6 Å². The van der Waals surface area contributed by atoms with Gasteiger partial charge in [-0.15, -0.1) is 11.3 Å². The van der Waals surface area contributed by atoms with Crippen LogP contribution in [0.2, 0.25) is 0 Å². The van der Waals surface area contributed by atoms with Gasteiger partial charge in [0.15, 0.2) is 11.1 Å². The van der Waals surface area contributed by atoms with Crippen LogP contribution >= 0.6 is 11.3 Å². The molecular weight excluding hydrogens is 417 g/mol. The molecular formula is C23H20FN3O3S. The van der Waals surface area contributed by atoms with Crippen LogP contribution in [-0.4, -0.2) is 21.4 Å². The van der Waals surface area contributed by atoms with E-state index in [1.807, 2.05) is 18.4 Å². The van der Waals surface area contributed by atoms with Crippen LogP contribution in [0, 0.1) is 19.7 Å². The predicted octanol–water partition coefficient (Wildman–Crippen LogP) is 4.58. The summed E-state index contributed by atoms with van der Waals surface area (Å²) in [6, 6.07) is 12.8. The van der Waals surface area contributed by atoms with Crippen molar-refractivity contribution in [2.45, 2.75) is 26.9 Å². The molecule has 4 rings (SSSR count). The molecule has 4 aromatic rings. The van der Waals surface area contributed by atoms with Gasteiger partial charge in [-0.1, -0.05) is 18.2 Å². The smallest absolute Gasteiger partial charge is 0.265 e. The van der Waals surface area contributed by atoms with Crippen molar-refractivity contribution in [1.82, 2.24) is 9.38 Å². The van der Waals surface area contributed by atoms with Gasteiger partial charge in [0, 0.05) is 34.0 Å². The molecule has 2 heterocycles. The highest BCUT2D eigenvalue weighted by molar-refractivity contribution is 7.15. The first-order valence-electron chi connectivity index (χ1n) is 9.64. The molecule has 1 N–H and O–H groups in total. The number of carbonyl (C=O) groups is 1. The summed E-state index contributed by atoms with van der Waals surface area (Å²) in [5, 5.41) is 4.68. The van der Waals surface area contributed by atoms with E-state index in [1.165, 1.54) is 29.5 Å². The maximum absolute atomic E-state index is 13.3. The summed E-state index contributed by atoms with van der Waals surface area (Å²) in [5.41, 5.74) is 3.25. The Hall–Kier alpha value is -3.52. The Kier molecular flexibility index (Phi) is 5.56. The Morgan fingerprint density at radius 2 is 1.97 bits per heavy atom. The van der Waals surface area contributed by atoms with Gasteiger partial charge in [0.25, 0.3) is 11.5 Å². The third-order valence-corrected chi connectivity index (χ3v) is 5.77. The summed E-state index contributed by atoms with van der Waals surface area (Å²) in [5.74, 6) is -0.531. The lowest BCUT2D eigenvalue weighted by Crippen LogP contribution is -2.30. The number of aromatic nitrogens is 2. The highest BCUT2D eigenvalue weighted by Gasteiger charge is 2.17. The van der Waals surface area contributed by atoms with E-state index in [9.17, 15) is 14.0 Å². The quantitative estimate of drug-likeness (QED) is 0.496. The molecule has 1 atom stereocenters. The zero-order valence-corrected chi connectivity index (χ0v) is 18.0. The van der Waals surface area contributed by atoms with E-state index in [-0.39, 0.29) is 17.2 Å². The average Bonchev–Trinajstić information content (AvgIpc) is 3.16. The standard InChI is InChI=1S/C23H20FN3O3S/c1-13-14(2)25-23-27(22(13)29)20(12-31-23)16-6-4-8-18(10-16)26-21(28)15(3)30-19-9-5-7-17(24)11-19/h4-12,15H,1-3H3,(H,26,28). The Morgan fingerprint density at radius 1 is 1.19 bits per heavy atom. The lowest BCUT2D eigenvalue weighted by molar-refractivity contribution is -0.122. The number of hydrogen-bond acceptors (Lipinski definition) is 5. The van der Waals surface area contributed by atoms with Crippen molar-refractivity contribution in [3.8, 4) is 17.0 Å². The summed E-state index contributed by atoms with van der Waals surface area (Å²) in [4.78, 5) is 30.4. The average molecular weight is 437 g/mol. The molecule has 2 aromatic carbocycles. The van der Waals surface area contributed by atoms with Gasteiger partial charge in [0.2, 0.25) is 0 Å². The molecule has 0 aliphatic carbocycles. The molecule has 1 unspecified atom stereocenters. The molecule has 1 amide bonds. The first-order valence-corrected chi connectivity index (χ1v) is 10.5. The zero-order chi connectivity index (χ0) is 22.1. The first kappa shape index (κ1) is 20.7. The number of ether oxygens (including phenoxy) is 1. The monoisotopic (exact) mass is 437 g/mol. The van der Waals surface area contributed by atoms with Gasteiger partial charge in [-0.2, -0.15) is 0 Å². The molecule has 0 radical (unpaired) electrons. The molecule has 0 fully saturated rings. The fourth-order valence-corrected chi connectivity index (χ4v) is 4.07. The SMILES string of the molecule is Cc1nc2scc(-c3cccc(NC(=O)C(C)Oc4cccc(F)c4)c3)n2c(=O)c1C. The van der Waals surface area contributed by atoms with Gasteiger partial charge in [0.05, 0.1) is 5.69 Å². The van der Waals surface area contributed by atoms with Crippen molar-refractivity contribution in [3.05, 3.63) is 81.3 Å². The van der Waals surface area contributed by atoms with Crippen molar-refractivity contribution < 1.29 is 13.9 Å². The molecule has 8 heteroatoms. The van der Waals surface area contributed by atoms with Crippen molar-refractivity contribution in [2.24, 2.45) is 0 Å². The van der Waals surface area contributed by atoms with Crippen LogP contribution in [0.25, 0.3) is 16.2 Å². The molecule has 0 bridgehead atoms. The van der Waals surface area contributed by atoms with Crippen molar-refractivity contribution in [1.29, 1.82) is 0 Å². The number of anilines is 1. The molecule has 2 aromatic heterocycles. The first-order chi connectivity index (χ1) is 14.8. The second-order valence-electron chi connectivity index (χ2n) is 7.15. The molecule has 0 spiro atoms. The van der Waals surface area contributed by atoms with Gasteiger partial charge in [-0.05, 0) is 45.0 Å². The van der Waals surface area contributed by atoms with Gasteiger partial charge in [0.1, 0.15) is 11.6 Å². The molecule has 0 aliphatic rings. The van der Waals surface area contributed by atoms with Crippen LogP contribution in [-0.2, 0) is 4.79 Å². The van der Waals surface area contributed by atoms with Crippen LogP contribution in [0.5, 0.6) is 5.75 Å². The largest absolute Gasteiger partial charge is 0.481 e. The normalized spacial score (nSPS) is 12.0. The number of thiazole rings is 1. The number of fused-ring (bicyclic) bond motifs is 1. The summed E-state index contributed by atoms with van der Waals surface area (Å²) in [6.45, 7) is 5.17. The van der Waals surface area contributed by atoms with E-state index in [1.54, 1.807) is 42.5 Å². The van der Waals surface area contributed by atoms with E-state index < -0.39 is 11.9 Å². The van der Waals surface area contributed by atoms with Crippen molar-refractivity contribution in [2.75, 3.05) is 5.32 Å². The molecule has 6 nitrogen and oxygen atoms in total. The van der Waals surface area contributed by atoms with Gasteiger partial charge >= 0.3 is 0 Å². The Labute approximate surface area is 182 Å². The summed E-state index contributed by atoms with van der Waals surface area (Å²) in [7, 11) is 0. The number of carbonyl (C=O) groups excluding carboxylic acids is 1. The van der Waals surface area contributed by atoms with Gasteiger partial charge < -0.3 is 10.1 Å². The highest BCUT2D eigenvalue weighted by Crippen LogP contribution is 2.27.